The molecule has 2 amide bonds. The summed E-state index contributed by atoms with van der Waals surface area (Å²) in [6.07, 6.45) is 3.79. The molecule has 2 aromatic rings. The second kappa shape index (κ2) is 8.31. The molecule has 1 saturated carbocycles. The summed E-state index contributed by atoms with van der Waals surface area (Å²) >= 11 is 1.66. The maximum Gasteiger partial charge on any atom is 0.315 e. The van der Waals surface area contributed by atoms with Crippen molar-refractivity contribution in [3.63, 3.8) is 0 Å². The second-order valence-electron chi connectivity index (χ2n) is 6.38. The van der Waals surface area contributed by atoms with Crippen LogP contribution in [0, 0.1) is 0 Å². The third-order valence-corrected chi connectivity index (χ3v) is 5.49. The second-order valence-corrected chi connectivity index (χ2v) is 7.36. The largest absolute Gasteiger partial charge is 0.393 e. The van der Waals surface area contributed by atoms with Gasteiger partial charge in [-0.05, 0) is 49.1 Å². The van der Waals surface area contributed by atoms with Gasteiger partial charge in [0.2, 0.25) is 0 Å². The Hall–Kier alpha value is -1.85. The highest BCUT2D eigenvalue weighted by Crippen LogP contribution is 2.23. The predicted octanol–water partition coefficient (Wildman–Crippen LogP) is 3.63. The quantitative estimate of drug-likeness (QED) is 0.775. The molecule has 1 fully saturated rings. The molecular formula is C19H24N2O2S. The van der Waals surface area contributed by atoms with Crippen LogP contribution in [0.15, 0.2) is 47.8 Å². The molecule has 1 heterocycles. The van der Waals surface area contributed by atoms with Crippen molar-refractivity contribution in [1.82, 2.24) is 10.6 Å². The third kappa shape index (κ3) is 4.82. The van der Waals surface area contributed by atoms with Crippen LogP contribution < -0.4 is 10.6 Å². The number of aliphatic hydroxyl groups excluding tert-OH is 1. The highest BCUT2D eigenvalue weighted by molar-refractivity contribution is 7.10. The minimum atomic E-state index is -0.206. The molecule has 5 heteroatoms. The molecule has 24 heavy (non-hydrogen) atoms. The highest BCUT2D eigenvalue weighted by atomic mass is 32.1. The number of thiophene rings is 1. The van der Waals surface area contributed by atoms with Crippen LogP contribution >= 0.6 is 11.3 Å². The molecule has 1 aromatic heterocycles. The van der Waals surface area contributed by atoms with Gasteiger partial charge in [-0.3, -0.25) is 0 Å². The lowest BCUT2D eigenvalue weighted by Crippen LogP contribution is -2.45. The van der Waals surface area contributed by atoms with Crippen molar-refractivity contribution in [2.75, 3.05) is 0 Å². The summed E-state index contributed by atoms with van der Waals surface area (Å²) in [5.74, 6) is 0. The van der Waals surface area contributed by atoms with Crippen LogP contribution in [0.25, 0.3) is 0 Å². The van der Waals surface area contributed by atoms with Gasteiger partial charge in [-0.15, -0.1) is 11.3 Å². The van der Waals surface area contributed by atoms with Gasteiger partial charge in [-0.1, -0.05) is 36.4 Å². The number of carbonyl (C=O) groups excluding carboxylic acids is 1. The van der Waals surface area contributed by atoms with Crippen LogP contribution in [-0.4, -0.2) is 23.3 Å². The van der Waals surface area contributed by atoms with Crippen molar-refractivity contribution >= 4 is 17.4 Å². The van der Waals surface area contributed by atoms with E-state index in [1.165, 1.54) is 5.56 Å². The monoisotopic (exact) mass is 344 g/mol. The van der Waals surface area contributed by atoms with Crippen LogP contribution in [0.2, 0.25) is 0 Å². The summed E-state index contributed by atoms with van der Waals surface area (Å²) in [5, 5.41) is 17.8. The van der Waals surface area contributed by atoms with Gasteiger partial charge in [0.15, 0.2) is 0 Å². The molecule has 0 bridgehead atoms. The molecule has 1 atom stereocenters. The fourth-order valence-electron chi connectivity index (χ4n) is 3.17. The number of amides is 2. The van der Waals surface area contributed by atoms with E-state index in [9.17, 15) is 9.90 Å². The average molecular weight is 344 g/mol. The summed E-state index contributed by atoms with van der Waals surface area (Å²) in [6.45, 7) is 0. The summed E-state index contributed by atoms with van der Waals surface area (Å²) in [7, 11) is 0. The van der Waals surface area contributed by atoms with E-state index >= 15 is 0 Å². The molecule has 0 unspecified atom stereocenters. The Balaban J connectivity index is 1.60. The Morgan fingerprint density at radius 1 is 1.12 bits per heavy atom. The van der Waals surface area contributed by atoms with Gasteiger partial charge < -0.3 is 15.7 Å². The number of urea groups is 1. The number of benzene rings is 1. The van der Waals surface area contributed by atoms with Gasteiger partial charge in [0.05, 0.1) is 12.1 Å². The van der Waals surface area contributed by atoms with Crippen LogP contribution in [0.4, 0.5) is 4.79 Å². The summed E-state index contributed by atoms with van der Waals surface area (Å²) in [4.78, 5) is 13.6. The molecule has 1 aliphatic rings. The minimum absolute atomic E-state index is 0.0263. The summed E-state index contributed by atoms with van der Waals surface area (Å²) in [5.41, 5.74) is 1.21. The molecule has 0 radical (unpaired) electrons. The zero-order valence-electron chi connectivity index (χ0n) is 13.7. The van der Waals surface area contributed by atoms with E-state index in [2.05, 4.69) is 28.8 Å². The van der Waals surface area contributed by atoms with Crippen molar-refractivity contribution in [2.24, 2.45) is 0 Å². The Labute approximate surface area is 146 Å². The lowest BCUT2D eigenvalue weighted by molar-refractivity contribution is 0.117. The number of aliphatic hydroxyl groups is 1. The van der Waals surface area contributed by atoms with Gasteiger partial charge in [0.25, 0.3) is 0 Å². The minimum Gasteiger partial charge on any atom is -0.393 e. The van der Waals surface area contributed by atoms with Crippen molar-refractivity contribution < 1.29 is 9.90 Å². The topological polar surface area (TPSA) is 61.4 Å². The van der Waals surface area contributed by atoms with Gasteiger partial charge >= 0.3 is 6.03 Å². The van der Waals surface area contributed by atoms with Crippen molar-refractivity contribution in [3.8, 4) is 0 Å². The van der Waals surface area contributed by atoms with E-state index in [1.807, 2.05) is 29.6 Å². The molecule has 1 aromatic carbocycles. The molecule has 3 N–H and O–H groups in total. The van der Waals surface area contributed by atoms with Crippen molar-refractivity contribution in [1.29, 1.82) is 0 Å². The Bertz CT molecular complexity index is 622. The van der Waals surface area contributed by atoms with E-state index in [-0.39, 0.29) is 24.2 Å². The zero-order chi connectivity index (χ0) is 16.8. The Morgan fingerprint density at radius 2 is 1.88 bits per heavy atom. The summed E-state index contributed by atoms with van der Waals surface area (Å²) < 4.78 is 0. The maximum atomic E-state index is 12.4. The van der Waals surface area contributed by atoms with Crippen molar-refractivity contribution in [2.45, 2.75) is 50.3 Å². The average Bonchev–Trinajstić information content (AvgIpc) is 3.12. The fraction of sp³-hybridized carbons (Fsp3) is 0.421. The first kappa shape index (κ1) is 17.0. The molecular weight excluding hydrogens is 320 g/mol. The molecule has 4 nitrogen and oxygen atoms in total. The number of hydrogen-bond acceptors (Lipinski definition) is 3. The molecule has 0 aliphatic heterocycles. The Kier molecular flexibility index (Phi) is 5.88. The van der Waals surface area contributed by atoms with Crippen LogP contribution in [0.1, 0.15) is 42.2 Å². The SMILES string of the molecule is O=C(NC1CCC(O)CC1)N[C@@H](Cc1ccccc1)c1cccs1. The van der Waals surface area contributed by atoms with Gasteiger partial charge in [0.1, 0.15) is 0 Å². The molecule has 128 valence electrons. The fourth-order valence-corrected chi connectivity index (χ4v) is 3.95. The number of carbonyl (C=O) groups is 1. The number of rotatable bonds is 5. The molecule has 0 saturated heterocycles. The van der Waals surface area contributed by atoms with E-state index < -0.39 is 0 Å². The Morgan fingerprint density at radius 3 is 2.54 bits per heavy atom. The van der Waals surface area contributed by atoms with Gasteiger partial charge in [0, 0.05) is 10.9 Å². The number of hydrogen-bond donors (Lipinski definition) is 3. The first-order chi connectivity index (χ1) is 11.7. The van der Waals surface area contributed by atoms with Crippen LogP contribution in [-0.2, 0) is 6.42 Å². The standard InChI is InChI=1S/C19H24N2O2S/c22-16-10-8-15(9-11-16)20-19(23)21-17(18-7-4-12-24-18)13-14-5-2-1-3-6-14/h1-7,12,15-17,22H,8-11,13H2,(H2,20,21,23)/t15?,16?,17-/m0/s1. The van der Waals surface area contributed by atoms with E-state index in [4.69, 9.17) is 0 Å². The van der Waals surface area contributed by atoms with Crippen LogP contribution in [0.3, 0.4) is 0 Å². The first-order valence-corrected chi connectivity index (χ1v) is 9.41. The zero-order valence-corrected chi connectivity index (χ0v) is 14.5. The smallest absolute Gasteiger partial charge is 0.315 e. The first-order valence-electron chi connectivity index (χ1n) is 8.53. The molecule has 1 aliphatic carbocycles. The normalized spacial score (nSPS) is 21.9. The lowest BCUT2D eigenvalue weighted by Gasteiger charge is -2.27. The van der Waals surface area contributed by atoms with Gasteiger partial charge in [-0.25, -0.2) is 4.79 Å². The maximum absolute atomic E-state index is 12.4. The van der Waals surface area contributed by atoms with E-state index in [1.54, 1.807) is 11.3 Å². The lowest BCUT2D eigenvalue weighted by atomic mass is 9.93. The third-order valence-electron chi connectivity index (χ3n) is 4.51. The van der Waals surface area contributed by atoms with Crippen molar-refractivity contribution in [3.05, 3.63) is 58.3 Å². The highest BCUT2D eigenvalue weighted by Gasteiger charge is 2.22. The van der Waals surface area contributed by atoms with E-state index in [0.717, 1.165) is 37.0 Å². The van der Waals surface area contributed by atoms with E-state index in [0.29, 0.717) is 0 Å². The van der Waals surface area contributed by atoms with Crippen LogP contribution in [0.5, 0.6) is 0 Å². The summed E-state index contributed by atoms with van der Waals surface area (Å²) in [6, 6.07) is 14.3. The predicted molar refractivity (Wildman–Crippen MR) is 97.1 cm³/mol. The number of nitrogens with one attached hydrogen (secondary N) is 2. The van der Waals surface area contributed by atoms with Gasteiger partial charge in [-0.2, -0.15) is 0 Å². The molecule has 3 rings (SSSR count). The molecule has 0 spiro atoms.